The van der Waals surface area contributed by atoms with Gasteiger partial charge in [0.15, 0.2) is 0 Å². The molecule has 3 saturated heterocycles. The van der Waals surface area contributed by atoms with E-state index in [9.17, 15) is 58.2 Å². The number of fused-ring (bicyclic) bond motifs is 2. The van der Waals surface area contributed by atoms with E-state index in [1.54, 1.807) is 52.0 Å². The van der Waals surface area contributed by atoms with Crippen LogP contribution in [0.2, 0.25) is 0 Å². The molecule has 24 nitrogen and oxygen atoms in total. The minimum absolute atomic E-state index is 0.0354. The number of aromatic hydroxyl groups is 2. The minimum atomic E-state index is -1.31. The second-order valence-electron chi connectivity index (χ2n) is 24.1. The molecule has 14 N–H and O–H groups in total. The van der Waals surface area contributed by atoms with E-state index < -0.39 is 131 Å². The molecule has 3 heterocycles. The lowest BCUT2D eigenvalue weighted by Gasteiger charge is -2.33. The number of carbonyl (C=O) groups is 10. The molecule has 3 aliphatic heterocycles. The molecule has 3 aliphatic rings. The van der Waals surface area contributed by atoms with Gasteiger partial charge in [0.2, 0.25) is 59.1 Å². The summed E-state index contributed by atoms with van der Waals surface area (Å²) in [6, 6.07) is -0.246. The number of phenols is 2. The number of hydrogen-bond acceptors (Lipinski definition) is 14. The Morgan fingerprint density at radius 1 is 0.429 bits per heavy atom. The van der Waals surface area contributed by atoms with Crippen LogP contribution in [0.15, 0.2) is 48.5 Å². The fraction of sp³-hybridized carbons (Fsp3) is 0.633. The maximum Gasteiger partial charge on any atom is 0.246 e. The quantitative estimate of drug-likeness (QED) is 0.110. The Morgan fingerprint density at radius 2 is 0.738 bits per heavy atom. The summed E-state index contributed by atoms with van der Waals surface area (Å²) in [7, 11) is 0. The fourth-order valence-corrected chi connectivity index (χ4v) is 10.9. The predicted molar refractivity (Wildman–Crippen MR) is 314 cm³/mol. The lowest BCUT2D eigenvalue weighted by Crippen LogP contribution is -2.62. The number of benzene rings is 2. The molecule has 0 aromatic heterocycles. The van der Waals surface area contributed by atoms with Crippen molar-refractivity contribution in [2.45, 2.75) is 193 Å². The number of amides is 10. The average molecular weight is 1170 g/mol. The highest BCUT2D eigenvalue weighted by atomic mass is 16.3. The maximum absolute atomic E-state index is 14.9. The van der Waals surface area contributed by atoms with Crippen LogP contribution < -0.4 is 54.0 Å². The summed E-state index contributed by atoms with van der Waals surface area (Å²) in [5.74, 6) is -8.48. The third kappa shape index (κ3) is 19.4. The van der Waals surface area contributed by atoms with E-state index in [1.807, 2.05) is 27.7 Å². The molecular formula is C60H92N12O12. The zero-order valence-electron chi connectivity index (χ0n) is 50.0. The molecule has 24 heteroatoms. The highest BCUT2D eigenvalue weighted by Gasteiger charge is 2.43. The Bertz CT molecular complexity index is 2420. The van der Waals surface area contributed by atoms with Gasteiger partial charge in [-0.25, -0.2) is 0 Å². The van der Waals surface area contributed by atoms with Gasteiger partial charge >= 0.3 is 0 Å². The first-order valence-corrected chi connectivity index (χ1v) is 29.8. The van der Waals surface area contributed by atoms with Gasteiger partial charge in [0.25, 0.3) is 0 Å². The normalized spacial score (nSPS) is 26.2. The maximum atomic E-state index is 14.9. The van der Waals surface area contributed by atoms with Crippen LogP contribution in [0.25, 0.3) is 0 Å². The standard InChI is InChI=1S/C60H92N12O12/c1-33(2)29-43-53(77)67-45(31-37-17-21-39(73)22-18-37)59(83)71-27-11-15-47(71)55(79)70-50(36(7)8)58(82)64-42(14-10-26-62)52(76)66-44(30-34(3)4)54(78)68-46(32-38-19-23-40(74)24-20-38)60(84)72-28-12-16-48(72)56(80)69-49(35(5)6)57(81)63-41(13-9-25-61)51(75)65-43/h17-24,33-36,41-50,73-74H,9-16,25-32,61-62H2,1-8H3,(H,63,81)(H,64,82)(H,65,75)(H,66,76)(H,67,77)(H,68,78)(H,69,80)(H,70,79)/t41-,42-,43-,44-,45+,46+,47-,48-,49-,50-/m0/s1. The van der Waals surface area contributed by atoms with Crippen molar-refractivity contribution in [3.63, 3.8) is 0 Å². The van der Waals surface area contributed by atoms with Gasteiger partial charge in [-0.05, 0) is 136 Å². The van der Waals surface area contributed by atoms with Crippen LogP contribution in [0.4, 0.5) is 0 Å². The first-order valence-electron chi connectivity index (χ1n) is 29.8. The lowest BCUT2D eigenvalue weighted by atomic mass is 9.98. The zero-order valence-corrected chi connectivity index (χ0v) is 50.0. The van der Waals surface area contributed by atoms with Crippen molar-refractivity contribution in [3.8, 4) is 11.5 Å². The van der Waals surface area contributed by atoms with Crippen LogP contribution in [0.1, 0.15) is 131 Å². The molecule has 84 heavy (non-hydrogen) atoms. The fourth-order valence-electron chi connectivity index (χ4n) is 10.9. The number of nitrogens with one attached hydrogen (secondary N) is 8. The molecule has 0 radical (unpaired) electrons. The molecule has 10 amide bonds. The largest absolute Gasteiger partial charge is 0.508 e. The first kappa shape index (κ1) is 67.5. The summed E-state index contributed by atoms with van der Waals surface area (Å²) in [6.45, 7) is 14.7. The first-order chi connectivity index (χ1) is 39.8. The van der Waals surface area contributed by atoms with Crippen molar-refractivity contribution in [1.82, 2.24) is 52.3 Å². The Kier molecular flexibility index (Phi) is 25.8. The topological polar surface area (TPSA) is 366 Å². The van der Waals surface area contributed by atoms with Gasteiger partial charge in [0, 0.05) is 25.9 Å². The Morgan fingerprint density at radius 3 is 1.05 bits per heavy atom. The van der Waals surface area contributed by atoms with Crippen LogP contribution >= 0.6 is 0 Å². The SMILES string of the molecule is CC(C)C[C@@H]1NC(=O)[C@H](CCCN)NC(=O)[C@H](C(C)C)NC(=O)[C@@H]2CCCN2C(=O)[C@@H](Cc2ccc(O)cc2)NC(=O)[C@H](CC(C)C)NC(=O)[C@H](CCCN)NC(=O)[C@H](C(C)C)NC(=O)[C@@H]2CCCN2C(=O)[C@@H](Cc2ccc(O)cc2)NC1=O. The summed E-state index contributed by atoms with van der Waals surface area (Å²) in [6.07, 6.45) is 1.82. The van der Waals surface area contributed by atoms with Crippen molar-refractivity contribution < 1.29 is 58.2 Å². The highest BCUT2D eigenvalue weighted by molar-refractivity contribution is 6.00. The molecule has 0 aliphatic carbocycles. The monoisotopic (exact) mass is 1170 g/mol. The smallest absolute Gasteiger partial charge is 0.246 e. The van der Waals surface area contributed by atoms with Gasteiger partial charge in [0.05, 0.1) is 0 Å². The van der Waals surface area contributed by atoms with Crippen molar-refractivity contribution in [3.05, 3.63) is 59.7 Å². The summed E-state index contributed by atoms with van der Waals surface area (Å²) < 4.78 is 0. The molecular weight excluding hydrogens is 1080 g/mol. The van der Waals surface area contributed by atoms with E-state index in [-0.39, 0.29) is 114 Å². The van der Waals surface area contributed by atoms with E-state index in [2.05, 4.69) is 42.5 Å². The summed E-state index contributed by atoms with van der Waals surface area (Å²) >= 11 is 0. The van der Waals surface area contributed by atoms with Gasteiger partial charge in [-0.3, -0.25) is 47.9 Å². The second-order valence-corrected chi connectivity index (χ2v) is 24.1. The van der Waals surface area contributed by atoms with E-state index in [0.717, 1.165) is 0 Å². The molecule has 464 valence electrons. The molecule has 5 rings (SSSR count). The van der Waals surface area contributed by atoms with Crippen LogP contribution in [0.3, 0.4) is 0 Å². The van der Waals surface area contributed by atoms with Crippen LogP contribution in [-0.4, -0.2) is 166 Å². The second kappa shape index (κ2) is 32.1. The zero-order chi connectivity index (χ0) is 61.9. The highest BCUT2D eigenvalue weighted by Crippen LogP contribution is 2.24. The molecule has 2 aromatic rings. The van der Waals surface area contributed by atoms with E-state index in [1.165, 1.54) is 34.1 Å². The summed E-state index contributed by atoms with van der Waals surface area (Å²) in [5.41, 5.74) is 12.9. The van der Waals surface area contributed by atoms with Crippen LogP contribution in [-0.2, 0) is 60.8 Å². The number of carbonyl (C=O) groups excluding carboxylic acids is 10. The number of hydrogen-bond donors (Lipinski definition) is 12. The van der Waals surface area contributed by atoms with Crippen LogP contribution in [0.5, 0.6) is 11.5 Å². The molecule has 0 bridgehead atoms. The number of nitrogens with zero attached hydrogens (tertiary/aromatic N) is 2. The van der Waals surface area contributed by atoms with Gasteiger partial charge in [-0.15, -0.1) is 0 Å². The van der Waals surface area contributed by atoms with Gasteiger partial charge in [0.1, 0.15) is 71.9 Å². The van der Waals surface area contributed by atoms with Gasteiger partial charge < -0.3 is 74.0 Å². The number of phenolic OH excluding ortho intramolecular Hbond substituents is 2. The van der Waals surface area contributed by atoms with E-state index in [4.69, 9.17) is 11.5 Å². The minimum Gasteiger partial charge on any atom is -0.508 e. The lowest BCUT2D eigenvalue weighted by molar-refractivity contribution is -0.143. The van der Waals surface area contributed by atoms with Crippen molar-refractivity contribution >= 4 is 59.1 Å². The Hall–Kier alpha value is -7.34. The Balaban J connectivity index is 1.60. The van der Waals surface area contributed by atoms with Crippen molar-refractivity contribution in [2.75, 3.05) is 26.2 Å². The molecule has 3 fully saturated rings. The van der Waals surface area contributed by atoms with Gasteiger partial charge in [-0.2, -0.15) is 0 Å². The number of nitrogens with two attached hydrogens (primary N) is 2. The van der Waals surface area contributed by atoms with E-state index in [0.29, 0.717) is 24.0 Å². The summed E-state index contributed by atoms with van der Waals surface area (Å²) in [5, 5.41) is 42.8. The van der Waals surface area contributed by atoms with E-state index >= 15 is 0 Å². The molecule has 2 aromatic carbocycles. The molecule has 0 spiro atoms. The predicted octanol–water partition coefficient (Wildman–Crippen LogP) is 0.639. The van der Waals surface area contributed by atoms with Gasteiger partial charge in [-0.1, -0.05) is 79.7 Å². The van der Waals surface area contributed by atoms with Crippen LogP contribution in [0, 0.1) is 23.7 Å². The third-order valence-corrected chi connectivity index (χ3v) is 15.5. The summed E-state index contributed by atoms with van der Waals surface area (Å²) in [4.78, 5) is 149. The number of rotatable bonds is 16. The van der Waals surface area contributed by atoms with Crippen molar-refractivity contribution in [1.29, 1.82) is 0 Å². The Labute approximate surface area is 493 Å². The average Bonchev–Trinajstić information content (AvgIpc) is 4.31. The van der Waals surface area contributed by atoms with Crippen molar-refractivity contribution in [2.24, 2.45) is 35.1 Å². The molecule has 10 atom stereocenters. The third-order valence-electron chi connectivity index (χ3n) is 15.5. The molecule has 0 unspecified atom stereocenters. The molecule has 0 saturated carbocycles.